The molecule has 6 rings (SSSR count). The number of rotatable bonds is 1. The van der Waals surface area contributed by atoms with Crippen molar-refractivity contribution in [2.45, 2.75) is 0 Å². The highest BCUT2D eigenvalue weighted by Crippen LogP contribution is 2.44. The molecule has 2 aliphatic rings. The molecule has 0 fully saturated rings. The Balaban J connectivity index is 1.80. The molecule has 4 aromatic rings. The summed E-state index contributed by atoms with van der Waals surface area (Å²) >= 11 is 7.38. The molecule has 0 spiro atoms. The van der Waals surface area contributed by atoms with Gasteiger partial charge >= 0.3 is 0 Å². The summed E-state index contributed by atoms with van der Waals surface area (Å²) in [5.74, 6) is 0.154. The Bertz CT molecular complexity index is 1650. The number of fused-ring (bicyclic) bond motifs is 8. The molecule has 0 saturated carbocycles. The molecule has 2 aliphatic heterocycles. The van der Waals surface area contributed by atoms with Crippen molar-refractivity contribution in [3.05, 3.63) is 87.9 Å². The maximum absolute atomic E-state index is 11.4. The quantitative estimate of drug-likeness (QED) is 0.220. The van der Waals surface area contributed by atoms with Crippen molar-refractivity contribution in [2.24, 2.45) is 0 Å². The van der Waals surface area contributed by atoms with Gasteiger partial charge in [0.05, 0.1) is 54.5 Å². The average Bonchev–Trinajstić information content (AvgIpc) is 3.59. The van der Waals surface area contributed by atoms with Crippen LogP contribution in [0.3, 0.4) is 0 Å². The van der Waals surface area contributed by atoms with E-state index in [4.69, 9.17) is 9.97 Å². The van der Waals surface area contributed by atoms with Crippen molar-refractivity contribution in [1.29, 1.82) is 0 Å². The molecule has 7 heteroatoms. The van der Waals surface area contributed by atoms with Crippen molar-refractivity contribution in [3.8, 4) is 16.9 Å². The number of aromatic amines is 1. The van der Waals surface area contributed by atoms with E-state index in [-0.39, 0.29) is 5.75 Å². The van der Waals surface area contributed by atoms with E-state index >= 15 is 0 Å². The summed E-state index contributed by atoms with van der Waals surface area (Å²) in [4.78, 5) is 12.9. The van der Waals surface area contributed by atoms with E-state index in [0.29, 0.717) is 15.6 Å². The van der Waals surface area contributed by atoms with Crippen LogP contribution in [0.2, 0.25) is 0 Å². The Morgan fingerprint density at radius 3 is 2.15 bits per heavy atom. The number of aromatic hydroxyl groups is 1. The smallest absolute Gasteiger partial charge is 0.151 e. The molecule has 8 bridgehead atoms. The highest BCUT2D eigenvalue weighted by atomic mass is 79.9. The average molecular weight is 560 g/mol. The van der Waals surface area contributed by atoms with E-state index < -0.39 is 0 Å². The summed E-state index contributed by atoms with van der Waals surface area (Å²) in [6.45, 7) is 0. The minimum Gasteiger partial charge on any atom is -0.505 e. The van der Waals surface area contributed by atoms with Crippen LogP contribution in [0.25, 0.3) is 57.5 Å². The molecule has 0 unspecified atom stereocenters. The SMILES string of the molecule is Oc1c(-c2ccccc2)c2cc3nc(cc4ccc(cc5nc(c(Br)c1n2Br)C=C5)[nH]4)C=C3. The number of nitrogens with zero attached hydrogens (tertiary/aromatic N) is 3. The first-order valence-corrected chi connectivity index (χ1v) is 11.8. The number of hydrogen-bond acceptors (Lipinski definition) is 3. The second kappa shape index (κ2) is 7.86. The van der Waals surface area contributed by atoms with E-state index in [2.05, 4.69) is 37.1 Å². The van der Waals surface area contributed by atoms with Gasteiger partial charge in [-0.15, -0.1) is 0 Å². The van der Waals surface area contributed by atoms with Gasteiger partial charge in [0, 0.05) is 11.0 Å². The molecule has 2 N–H and O–H groups in total. The van der Waals surface area contributed by atoms with Crippen molar-refractivity contribution in [3.63, 3.8) is 0 Å². The molecule has 0 aliphatic carbocycles. The van der Waals surface area contributed by atoms with Gasteiger partial charge in [0.15, 0.2) is 5.75 Å². The van der Waals surface area contributed by atoms with Crippen LogP contribution in [0.1, 0.15) is 22.8 Å². The van der Waals surface area contributed by atoms with Crippen LogP contribution in [0.15, 0.2) is 65.1 Å². The molecule has 5 nitrogen and oxygen atoms in total. The molecular weight excluding hydrogens is 544 g/mol. The van der Waals surface area contributed by atoms with Crippen LogP contribution in [0.5, 0.6) is 5.75 Å². The molecule has 33 heavy (non-hydrogen) atoms. The Labute approximate surface area is 206 Å². The lowest BCUT2D eigenvalue weighted by Crippen LogP contribution is -1.83. The lowest BCUT2D eigenvalue weighted by molar-refractivity contribution is 0.484. The molecule has 0 radical (unpaired) electrons. The third-order valence-electron chi connectivity index (χ3n) is 5.59. The molecular formula is C26H16Br2N4O. The van der Waals surface area contributed by atoms with E-state index in [1.165, 1.54) is 0 Å². The minimum absolute atomic E-state index is 0.154. The normalized spacial score (nSPS) is 12.4. The second-order valence-electron chi connectivity index (χ2n) is 7.77. The highest BCUT2D eigenvalue weighted by Gasteiger charge is 2.20. The number of halogens is 2. The number of benzene rings is 1. The first-order chi connectivity index (χ1) is 16.1. The minimum atomic E-state index is 0.154. The summed E-state index contributed by atoms with van der Waals surface area (Å²) in [5.41, 5.74) is 8.07. The number of H-pyrrole nitrogens is 1. The largest absolute Gasteiger partial charge is 0.505 e. The predicted molar refractivity (Wildman–Crippen MR) is 142 cm³/mol. The first-order valence-electron chi connectivity index (χ1n) is 10.3. The van der Waals surface area contributed by atoms with Crippen molar-refractivity contribution in [2.75, 3.05) is 0 Å². The third-order valence-corrected chi connectivity index (χ3v) is 7.11. The van der Waals surface area contributed by atoms with E-state index in [0.717, 1.165) is 44.9 Å². The highest BCUT2D eigenvalue weighted by molar-refractivity contribution is 9.11. The fraction of sp³-hybridized carbons (Fsp3) is 0. The lowest BCUT2D eigenvalue weighted by atomic mass is 10.1. The molecule has 0 atom stereocenters. The fourth-order valence-electron chi connectivity index (χ4n) is 4.07. The van der Waals surface area contributed by atoms with Gasteiger partial charge in [-0.1, -0.05) is 30.3 Å². The van der Waals surface area contributed by atoms with E-state index in [1.54, 1.807) is 3.59 Å². The Hall–Kier alpha value is -3.42. The fourth-order valence-corrected chi connectivity index (χ4v) is 5.52. The lowest BCUT2D eigenvalue weighted by Gasteiger charge is -2.00. The van der Waals surface area contributed by atoms with Gasteiger partial charge in [-0.3, -0.25) is 3.59 Å². The van der Waals surface area contributed by atoms with Gasteiger partial charge in [0.1, 0.15) is 5.52 Å². The van der Waals surface area contributed by atoms with Crippen LogP contribution in [-0.4, -0.2) is 23.7 Å². The molecule has 1 aromatic carbocycles. The maximum atomic E-state index is 11.4. The first kappa shape index (κ1) is 20.2. The summed E-state index contributed by atoms with van der Waals surface area (Å²) < 4.78 is 2.48. The van der Waals surface area contributed by atoms with Crippen LogP contribution in [0, 0.1) is 0 Å². The van der Waals surface area contributed by atoms with E-state index in [1.807, 2.05) is 85.0 Å². The standard InChI is InChI=1S/C26H16Br2N4O/c27-24-21-11-10-19(31-21)13-18-7-6-16(29-18)12-17-8-9-20(30-17)14-22-23(15-4-2-1-3-5-15)26(33)25(24)32(22)28/h1-14,29,33H. The molecule has 0 amide bonds. The molecule has 3 aromatic heterocycles. The van der Waals surface area contributed by atoms with Crippen molar-refractivity contribution in [1.82, 2.24) is 18.5 Å². The zero-order valence-electron chi connectivity index (χ0n) is 17.1. The summed E-state index contributed by atoms with van der Waals surface area (Å²) in [6.07, 6.45) is 7.83. The number of hydrogen-bond donors (Lipinski definition) is 2. The van der Waals surface area contributed by atoms with E-state index in [9.17, 15) is 5.11 Å². The summed E-state index contributed by atoms with van der Waals surface area (Å²) in [6, 6.07) is 19.8. The summed E-state index contributed by atoms with van der Waals surface area (Å²) in [5, 5.41) is 11.4. The molecule has 160 valence electrons. The van der Waals surface area contributed by atoms with Gasteiger partial charge in [-0.2, -0.15) is 0 Å². The van der Waals surface area contributed by atoms with Gasteiger partial charge in [0.2, 0.25) is 0 Å². The third kappa shape index (κ3) is 3.53. The van der Waals surface area contributed by atoms with Crippen molar-refractivity contribution < 1.29 is 5.11 Å². The van der Waals surface area contributed by atoms with Crippen LogP contribution in [0.4, 0.5) is 0 Å². The van der Waals surface area contributed by atoms with Gasteiger partial charge in [-0.05, 0) is 76.1 Å². The zero-order chi connectivity index (χ0) is 22.5. The Kier molecular flexibility index (Phi) is 4.81. The van der Waals surface area contributed by atoms with Crippen LogP contribution < -0.4 is 0 Å². The number of aromatic nitrogens is 4. The predicted octanol–water partition coefficient (Wildman–Crippen LogP) is 7.42. The topological polar surface area (TPSA) is 66.7 Å². The summed E-state index contributed by atoms with van der Waals surface area (Å²) in [7, 11) is 0. The Morgan fingerprint density at radius 2 is 1.42 bits per heavy atom. The van der Waals surface area contributed by atoms with Crippen LogP contribution in [-0.2, 0) is 0 Å². The van der Waals surface area contributed by atoms with Gasteiger partial charge in [-0.25, -0.2) is 9.97 Å². The van der Waals surface area contributed by atoms with Gasteiger partial charge < -0.3 is 10.1 Å². The second-order valence-corrected chi connectivity index (χ2v) is 9.27. The van der Waals surface area contributed by atoms with Gasteiger partial charge in [0.25, 0.3) is 0 Å². The Morgan fingerprint density at radius 1 is 0.788 bits per heavy atom. The number of nitrogens with one attached hydrogen (secondary N) is 1. The zero-order valence-corrected chi connectivity index (χ0v) is 20.3. The molecule has 0 saturated heterocycles. The maximum Gasteiger partial charge on any atom is 0.151 e. The van der Waals surface area contributed by atoms with Crippen molar-refractivity contribution >= 4 is 78.4 Å². The molecule has 5 heterocycles. The van der Waals surface area contributed by atoms with Crippen LogP contribution >= 0.6 is 32.1 Å². The monoisotopic (exact) mass is 558 g/mol.